The Balaban J connectivity index is 2.90. The molecule has 0 aliphatic rings. The lowest BCUT2D eigenvalue weighted by molar-refractivity contribution is -0.139. The number of hydrogen-bond donors (Lipinski definition) is 4. The van der Waals surface area contributed by atoms with Crippen molar-refractivity contribution in [2.45, 2.75) is 26.3 Å². The van der Waals surface area contributed by atoms with Crippen LogP contribution in [0.1, 0.15) is 20.3 Å². The van der Waals surface area contributed by atoms with Gasteiger partial charge in [-0.2, -0.15) is 0 Å². The van der Waals surface area contributed by atoms with Crippen molar-refractivity contribution in [2.75, 3.05) is 16.8 Å². The standard InChI is InChI=1S/C12H19N3O2/c1-3-7(2)11(12(16)17)15-10-5-4-8(13)6-9(10)14/h4-7,11,15H,3,13-14H2,1-2H3,(H,16,17)/t7-,11-/m0/s1. The van der Waals surface area contributed by atoms with Crippen LogP contribution in [0.4, 0.5) is 17.1 Å². The summed E-state index contributed by atoms with van der Waals surface area (Å²) < 4.78 is 0. The maximum atomic E-state index is 11.2. The molecule has 0 spiro atoms. The number of benzene rings is 1. The molecule has 0 saturated carbocycles. The summed E-state index contributed by atoms with van der Waals surface area (Å²) in [6.45, 7) is 3.84. The van der Waals surface area contributed by atoms with Crippen molar-refractivity contribution in [3.63, 3.8) is 0 Å². The third-order valence-corrected chi connectivity index (χ3v) is 2.87. The summed E-state index contributed by atoms with van der Waals surface area (Å²) in [5.41, 5.74) is 13.0. The largest absolute Gasteiger partial charge is 0.480 e. The molecule has 0 saturated heterocycles. The predicted octanol–water partition coefficient (Wildman–Crippen LogP) is 1.76. The Morgan fingerprint density at radius 2 is 2.12 bits per heavy atom. The highest BCUT2D eigenvalue weighted by molar-refractivity contribution is 5.81. The number of carboxylic acids is 1. The highest BCUT2D eigenvalue weighted by atomic mass is 16.4. The summed E-state index contributed by atoms with van der Waals surface area (Å²) in [4.78, 5) is 11.2. The van der Waals surface area contributed by atoms with Crippen molar-refractivity contribution in [2.24, 2.45) is 5.92 Å². The summed E-state index contributed by atoms with van der Waals surface area (Å²) in [6, 6.07) is 4.35. The molecule has 17 heavy (non-hydrogen) atoms. The molecule has 1 aromatic rings. The lowest BCUT2D eigenvalue weighted by atomic mass is 9.99. The number of hydrogen-bond acceptors (Lipinski definition) is 4. The topological polar surface area (TPSA) is 101 Å². The number of rotatable bonds is 5. The zero-order valence-corrected chi connectivity index (χ0v) is 10.1. The molecule has 2 atom stereocenters. The van der Waals surface area contributed by atoms with E-state index in [9.17, 15) is 4.79 Å². The highest BCUT2D eigenvalue weighted by Crippen LogP contribution is 2.23. The Labute approximate surface area is 101 Å². The molecule has 0 unspecified atom stereocenters. The number of nitrogens with one attached hydrogen (secondary N) is 1. The van der Waals surface area contributed by atoms with E-state index in [1.165, 1.54) is 0 Å². The number of aliphatic carboxylic acids is 1. The first kappa shape index (κ1) is 13.2. The first-order valence-electron chi connectivity index (χ1n) is 5.60. The molecule has 5 nitrogen and oxygen atoms in total. The van der Waals surface area contributed by atoms with Crippen molar-refractivity contribution >= 4 is 23.0 Å². The Morgan fingerprint density at radius 1 is 1.47 bits per heavy atom. The molecule has 0 aliphatic heterocycles. The van der Waals surface area contributed by atoms with Gasteiger partial charge in [-0.1, -0.05) is 20.3 Å². The van der Waals surface area contributed by atoms with Gasteiger partial charge in [0.15, 0.2) is 0 Å². The van der Waals surface area contributed by atoms with Crippen LogP contribution in [0.25, 0.3) is 0 Å². The lowest BCUT2D eigenvalue weighted by Gasteiger charge is -2.22. The molecule has 0 aliphatic carbocycles. The van der Waals surface area contributed by atoms with E-state index in [-0.39, 0.29) is 5.92 Å². The minimum absolute atomic E-state index is 0.0180. The zero-order chi connectivity index (χ0) is 13.0. The minimum Gasteiger partial charge on any atom is -0.480 e. The molecule has 5 heteroatoms. The van der Waals surface area contributed by atoms with Gasteiger partial charge in [-0.25, -0.2) is 4.79 Å². The monoisotopic (exact) mass is 237 g/mol. The molecular formula is C12H19N3O2. The Bertz CT molecular complexity index is 407. The van der Waals surface area contributed by atoms with Crippen LogP contribution in [0.5, 0.6) is 0 Å². The average Bonchev–Trinajstić information content (AvgIpc) is 2.26. The summed E-state index contributed by atoms with van der Waals surface area (Å²) in [7, 11) is 0. The van der Waals surface area contributed by atoms with Gasteiger partial charge < -0.3 is 21.9 Å². The molecule has 0 bridgehead atoms. The first-order chi connectivity index (χ1) is 7.95. The van der Waals surface area contributed by atoms with Gasteiger partial charge in [-0.3, -0.25) is 0 Å². The second-order valence-corrected chi connectivity index (χ2v) is 4.19. The molecular weight excluding hydrogens is 218 g/mol. The number of nitrogens with two attached hydrogens (primary N) is 2. The summed E-state index contributed by atoms with van der Waals surface area (Å²) >= 11 is 0. The van der Waals surface area contributed by atoms with E-state index in [4.69, 9.17) is 16.6 Å². The van der Waals surface area contributed by atoms with Gasteiger partial charge in [0, 0.05) is 5.69 Å². The van der Waals surface area contributed by atoms with E-state index in [2.05, 4.69) is 5.32 Å². The van der Waals surface area contributed by atoms with Crippen LogP contribution in [0.2, 0.25) is 0 Å². The lowest BCUT2D eigenvalue weighted by Crippen LogP contribution is -2.35. The van der Waals surface area contributed by atoms with E-state index < -0.39 is 12.0 Å². The van der Waals surface area contributed by atoms with Crippen LogP contribution in [0, 0.1) is 5.92 Å². The number of anilines is 3. The van der Waals surface area contributed by atoms with Gasteiger partial charge in [0.2, 0.25) is 0 Å². The van der Waals surface area contributed by atoms with E-state index in [0.29, 0.717) is 17.1 Å². The van der Waals surface area contributed by atoms with E-state index >= 15 is 0 Å². The van der Waals surface area contributed by atoms with Gasteiger partial charge in [-0.05, 0) is 24.1 Å². The molecule has 0 heterocycles. The fourth-order valence-corrected chi connectivity index (χ4v) is 1.56. The molecule has 0 radical (unpaired) electrons. The molecule has 0 aromatic heterocycles. The van der Waals surface area contributed by atoms with Crippen LogP contribution in [0.3, 0.4) is 0 Å². The maximum Gasteiger partial charge on any atom is 0.326 e. The molecule has 6 N–H and O–H groups in total. The van der Waals surface area contributed by atoms with Crippen molar-refractivity contribution in [3.8, 4) is 0 Å². The summed E-state index contributed by atoms with van der Waals surface area (Å²) in [5.74, 6) is -0.861. The van der Waals surface area contributed by atoms with Gasteiger partial charge in [-0.15, -0.1) is 0 Å². The highest BCUT2D eigenvalue weighted by Gasteiger charge is 2.23. The predicted molar refractivity (Wildman–Crippen MR) is 69.8 cm³/mol. The smallest absolute Gasteiger partial charge is 0.326 e. The Hall–Kier alpha value is -1.91. The SMILES string of the molecule is CC[C@H](C)[C@H](Nc1ccc(N)cc1N)C(=O)O. The van der Waals surface area contributed by atoms with E-state index in [0.717, 1.165) is 6.42 Å². The Morgan fingerprint density at radius 3 is 2.59 bits per heavy atom. The second kappa shape index (κ2) is 5.43. The quantitative estimate of drug-likeness (QED) is 0.584. The average molecular weight is 237 g/mol. The van der Waals surface area contributed by atoms with Crippen molar-refractivity contribution in [1.29, 1.82) is 0 Å². The van der Waals surface area contributed by atoms with E-state index in [1.807, 2.05) is 13.8 Å². The maximum absolute atomic E-state index is 11.2. The fraction of sp³-hybridized carbons (Fsp3) is 0.417. The Kier molecular flexibility index (Phi) is 4.20. The normalized spacial score (nSPS) is 14.0. The van der Waals surface area contributed by atoms with Crippen LogP contribution >= 0.6 is 0 Å². The van der Waals surface area contributed by atoms with Crippen LogP contribution < -0.4 is 16.8 Å². The van der Waals surface area contributed by atoms with Gasteiger partial charge in [0.1, 0.15) is 6.04 Å². The van der Waals surface area contributed by atoms with E-state index in [1.54, 1.807) is 18.2 Å². The minimum atomic E-state index is -0.879. The number of nitrogen functional groups attached to an aromatic ring is 2. The van der Waals surface area contributed by atoms with Crippen LogP contribution in [-0.2, 0) is 4.79 Å². The third-order valence-electron chi connectivity index (χ3n) is 2.87. The molecule has 1 rings (SSSR count). The molecule has 94 valence electrons. The van der Waals surface area contributed by atoms with Gasteiger partial charge in [0.25, 0.3) is 0 Å². The summed E-state index contributed by atoms with van der Waals surface area (Å²) in [6.07, 6.45) is 0.777. The first-order valence-corrected chi connectivity index (χ1v) is 5.60. The fourth-order valence-electron chi connectivity index (χ4n) is 1.56. The van der Waals surface area contributed by atoms with Gasteiger partial charge in [0.05, 0.1) is 11.4 Å². The van der Waals surface area contributed by atoms with Crippen LogP contribution in [0.15, 0.2) is 18.2 Å². The summed E-state index contributed by atoms with van der Waals surface area (Å²) in [5, 5.41) is 12.1. The van der Waals surface area contributed by atoms with Crippen LogP contribution in [-0.4, -0.2) is 17.1 Å². The number of carboxylic acid groups (broad SMARTS) is 1. The van der Waals surface area contributed by atoms with Crippen molar-refractivity contribution in [3.05, 3.63) is 18.2 Å². The van der Waals surface area contributed by atoms with Crippen molar-refractivity contribution in [1.82, 2.24) is 0 Å². The molecule has 0 fully saturated rings. The molecule has 1 aromatic carbocycles. The molecule has 0 amide bonds. The van der Waals surface area contributed by atoms with Gasteiger partial charge >= 0.3 is 5.97 Å². The zero-order valence-electron chi connectivity index (χ0n) is 10.1. The van der Waals surface area contributed by atoms with Crippen molar-refractivity contribution < 1.29 is 9.90 Å². The third kappa shape index (κ3) is 3.27. The number of carbonyl (C=O) groups is 1. The second-order valence-electron chi connectivity index (χ2n) is 4.19.